The standard InChI is InChI=1S/C5H10N2O2.C5H8N2O.C4H8O.C2H6N2O.3C2H6.4CH4.3B/c1-3-5(9)7-6-4(2)8;1-3-5-7-6-4(2)8-5;1-3-4(2)5;1-2(5)4-3;3*1-2;;;;;;;/h3H2,1-2H3,(H,6,8)(H,7,9);3H2,1-2H3;3H2,1-2H3;3H2,1H3,(H,4,5);3*1-2H3;4*1H4;;;. The molecule has 40 heavy (non-hydrogen) atoms. The van der Waals surface area contributed by atoms with E-state index in [-0.39, 0.29) is 78.5 Å². The summed E-state index contributed by atoms with van der Waals surface area (Å²) >= 11 is 0. The third-order valence-electron chi connectivity index (χ3n) is 2.27. The van der Waals surface area contributed by atoms with Crippen molar-refractivity contribution in [2.24, 2.45) is 5.84 Å². The van der Waals surface area contributed by atoms with Gasteiger partial charge in [0, 0.05) is 65.3 Å². The van der Waals surface area contributed by atoms with Crippen LogP contribution in [0.5, 0.6) is 0 Å². The third-order valence-corrected chi connectivity index (χ3v) is 2.27. The van der Waals surface area contributed by atoms with Crippen molar-refractivity contribution in [3.8, 4) is 0 Å². The van der Waals surface area contributed by atoms with Crippen LogP contribution in [0.25, 0.3) is 0 Å². The lowest BCUT2D eigenvalue weighted by atomic mass is 10.4. The van der Waals surface area contributed by atoms with E-state index in [4.69, 9.17) is 4.42 Å². The van der Waals surface area contributed by atoms with Crippen LogP contribution in [-0.2, 0) is 25.6 Å². The highest BCUT2D eigenvalue weighted by Gasteiger charge is 1.95. The summed E-state index contributed by atoms with van der Waals surface area (Å²) in [6, 6.07) is 0. The molecule has 1 rings (SSSR count). The number of Topliss-reactive ketones (excluding diaryl/α,β-unsaturated/α-hetero) is 1. The summed E-state index contributed by atoms with van der Waals surface area (Å²) in [4.78, 5) is 39.9. The molecular weight excluding hydrogens is 509 g/mol. The number of aromatic nitrogens is 2. The molecule has 0 saturated heterocycles. The lowest BCUT2D eigenvalue weighted by Gasteiger charge is -2.00. The molecule has 0 saturated carbocycles. The molecule has 11 nitrogen and oxygen atoms in total. The first kappa shape index (κ1) is 83.2. The summed E-state index contributed by atoms with van der Waals surface area (Å²) in [5.74, 6) is 5.50. The van der Waals surface area contributed by atoms with Crippen molar-refractivity contribution in [3.63, 3.8) is 0 Å². The first-order chi connectivity index (χ1) is 15.5. The number of carbonyl (C=O) groups excluding carboxylic acids is 4. The average molecular weight is 575 g/mol. The topological polar surface area (TPSA) is 169 Å². The van der Waals surface area contributed by atoms with Gasteiger partial charge in [-0.15, -0.1) is 10.2 Å². The predicted molar refractivity (Wildman–Crippen MR) is 178 cm³/mol. The Morgan fingerprint density at radius 1 is 0.700 bits per heavy atom. The predicted octanol–water partition coefficient (Wildman–Crippen LogP) is 4.97. The fraction of sp³-hybridized carbons (Fsp3) is 0.769. The van der Waals surface area contributed by atoms with Crippen LogP contribution in [0, 0.1) is 6.92 Å². The van der Waals surface area contributed by atoms with E-state index in [1.54, 1.807) is 20.8 Å². The molecule has 0 bridgehead atoms. The fourth-order valence-corrected chi connectivity index (χ4v) is 0.726. The van der Waals surface area contributed by atoms with Crippen molar-refractivity contribution in [3.05, 3.63) is 11.8 Å². The zero-order valence-electron chi connectivity index (χ0n) is 24.9. The second-order valence-electron chi connectivity index (χ2n) is 4.91. The Morgan fingerprint density at radius 3 is 1.15 bits per heavy atom. The Balaban J connectivity index is -0.0000000200. The van der Waals surface area contributed by atoms with E-state index >= 15 is 0 Å². The summed E-state index contributed by atoms with van der Waals surface area (Å²) in [6.45, 7) is 23.6. The summed E-state index contributed by atoms with van der Waals surface area (Å²) < 4.78 is 5.01. The minimum Gasteiger partial charge on any atom is -0.426 e. The second kappa shape index (κ2) is 76.6. The molecular formula is C26H66B3N6O5. The average Bonchev–Trinajstić information content (AvgIpc) is 3.27. The molecule has 3 amide bonds. The number of rotatable bonds is 3. The third kappa shape index (κ3) is 111. The van der Waals surface area contributed by atoms with Gasteiger partial charge < -0.3 is 9.21 Å². The maximum atomic E-state index is 10.4. The largest absolute Gasteiger partial charge is 0.426 e. The number of aryl methyl sites for hydroxylation is 2. The van der Waals surface area contributed by atoms with E-state index in [0.717, 1.165) is 6.42 Å². The van der Waals surface area contributed by atoms with E-state index in [2.05, 4.69) is 26.9 Å². The first-order valence-electron chi connectivity index (χ1n) is 11.3. The van der Waals surface area contributed by atoms with Gasteiger partial charge in [-0.1, -0.05) is 92.0 Å². The Kier molecular flexibility index (Phi) is 159. The molecule has 1 aromatic rings. The molecule has 0 atom stereocenters. The summed E-state index contributed by atoms with van der Waals surface area (Å²) in [6.07, 6.45) is 1.86. The Morgan fingerprint density at radius 2 is 1.02 bits per heavy atom. The Labute approximate surface area is 255 Å². The molecule has 0 unspecified atom stereocenters. The Hall–Kier alpha value is -2.63. The number of ketones is 1. The minimum atomic E-state index is -0.267. The van der Waals surface area contributed by atoms with Crippen LogP contribution >= 0.6 is 0 Å². The van der Waals surface area contributed by atoms with Gasteiger partial charge in [-0.25, -0.2) is 5.84 Å². The van der Waals surface area contributed by atoms with Gasteiger partial charge in [-0.3, -0.25) is 30.7 Å². The van der Waals surface area contributed by atoms with Crippen LogP contribution in [0.2, 0.25) is 0 Å². The molecule has 1 aromatic heterocycles. The molecule has 0 fully saturated rings. The monoisotopic (exact) mass is 576 g/mol. The number of hydrogen-bond donors (Lipinski definition) is 4. The lowest BCUT2D eigenvalue weighted by molar-refractivity contribution is -0.127. The normalized spacial score (nSPS) is 6.05. The van der Waals surface area contributed by atoms with Crippen molar-refractivity contribution >= 4 is 48.7 Å². The highest BCUT2D eigenvalue weighted by Crippen LogP contribution is 1.96. The maximum absolute atomic E-state index is 10.4. The summed E-state index contributed by atoms with van der Waals surface area (Å²) in [5, 5.41) is 7.39. The van der Waals surface area contributed by atoms with Crippen molar-refractivity contribution in [1.29, 1.82) is 0 Å². The van der Waals surface area contributed by atoms with E-state index in [0.29, 0.717) is 24.6 Å². The molecule has 9 radical (unpaired) electrons. The van der Waals surface area contributed by atoms with Gasteiger partial charge in [0.25, 0.3) is 0 Å². The van der Waals surface area contributed by atoms with Crippen LogP contribution < -0.4 is 22.1 Å². The van der Waals surface area contributed by atoms with Crippen LogP contribution in [0.4, 0.5) is 0 Å². The fourth-order valence-electron chi connectivity index (χ4n) is 0.726. The molecule has 0 aliphatic rings. The Bertz CT molecular complexity index is 567. The minimum absolute atomic E-state index is 0. The summed E-state index contributed by atoms with van der Waals surface area (Å²) in [5.41, 5.74) is 6.24. The molecule has 0 aliphatic carbocycles. The number of nitrogens with two attached hydrogens (primary N) is 1. The molecule has 239 valence electrons. The quantitative estimate of drug-likeness (QED) is 0.170. The summed E-state index contributed by atoms with van der Waals surface area (Å²) in [7, 11) is 0. The van der Waals surface area contributed by atoms with E-state index in [1.165, 1.54) is 13.8 Å². The van der Waals surface area contributed by atoms with E-state index in [1.807, 2.05) is 60.8 Å². The molecule has 1 heterocycles. The number of nitrogens with one attached hydrogen (secondary N) is 3. The smallest absolute Gasteiger partial charge is 0.238 e. The van der Waals surface area contributed by atoms with Gasteiger partial charge in [0.2, 0.25) is 29.5 Å². The van der Waals surface area contributed by atoms with Crippen molar-refractivity contribution < 1.29 is 23.6 Å². The van der Waals surface area contributed by atoms with Gasteiger partial charge in [0.15, 0.2) is 0 Å². The van der Waals surface area contributed by atoms with Crippen LogP contribution in [0.15, 0.2) is 4.42 Å². The van der Waals surface area contributed by atoms with Crippen molar-refractivity contribution in [1.82, 2.24) is 26.5 Å². The van der Waals surface area contributed by atoms with E-state index < -0.39 is 0 Å². The zero-order chi connectivity index (χ0) is 27.8. The van der Waals surface area contributed by atoms with Gasteiger partial charge in [-0.05, 0) is 6.92 Å². The van der Waals surface area contributed by atoms with Crippen LogP contribution in [0.1, 0.15) is 137 Å². The van der Waals surface area contributed by atoms with Gasteiger partial charge >= 0.3 is 0 Å². The molecule has 5 N–H and O–H groups in total. The van der Waals surface area contributed by atoms with Gasteiger partial charge in [0.05, 0.1) is 0 Å². The van der Waals surface area contributed by atoms with Gasteiger partial charge in [-0.2, -0.15) is 0 Å². The second-order valence-corrected chi connectivity index (χ2v) is 4.91. The van der Waals surface area contributed by atoms with Crippen molar-refractivity contribution in [2.45, 2.75) is 139 Å². The van der Waals surface area contributed by atoms with Gasteiger partial charge in [0.1, 0.15) is 5.78 Å². The van der Waals surface area contributed by atoms with Crippen LogP contribution in [0.3, 0.4) is 0 Å². The first-order valence-corrected chi connectivity index (χ1v) is 11.3. The zero-order valence-corrected chi connectivity index (χ0v) is 24.9. The number of carbonyl (C=O) groups is 4. The number of hydrazine groups is 2. The molecule has 0 aromatic carbocycles. The highest BCUT2D eigenvalue weighted by atomic mass is 16.4. The number of amides is 3. The lowest BCUT2D eigenvalue weighted by Crippen LogP contribution is -2.39. The molecule has 0 spiro atoms. The maximum Gasteiger partial charge on any atom is 0.238 e. The molecule has 0 aliphatic heterocycles. The molecule has 14 heteroatoms. The number of nitrogens with zero attached hydrogens (tertiary/aromatic N) is 2. The van der Waals surface area contributed by atoms with Crippen molar-refractivity contribution in [2.75, 3.05) is 0 Å². The SMILES string of the molecule is C.C.C.C.CC.CC.CC.CC(=O)NN.CCC(=O)NNC(C)=O.CCC(C)=O.CCc1nnc(C)o1.[B].[B].[B]. The number of hydrogen-bond acceptors (Lipinski definition) is 8. The van der Waals surface area contributed by atoms with E-state index in [9.17, 15) is 19.2 Å². The van der Waals surface area contributed by atoms with Crippen LogP contribution in [-0.4, -0.2) is 58.9 Å². The highest BCUT2D eigenvalue weighted by molar-refractivity contribution is 5.80.